The first-order valence-corrected chi connectivity index (χ1v) is 13.5. The lowest BCUT2D eigenvalue weighted by Crippen LogP contribution is -2.45. The van der Waals surface area contributed by atoms with Crippen molar-refractivity contribution >= 4 is 48.0 Å². The van der Waals surface area contributed by atoms with Crippen molar-refractivity contribution in [2.75, 3.05) is 30.8 Å². The van der Waals surface area contributed by atoms with E-state index in [2.05, 4.69) is 21.8 Å². The van der Waals surface area contributed by atoms with E-state index in [1.165, 1.54) is 6.21 Å². The number of carbonyl (C=O) groups excluding carboxylic acids is 2. The van der Waals surface area contributed by atoms with Crippen molar-refractivity contribution in [1.29, 1.82) is 5.41 Å². The molecule has 10 heteroatoms. The van der Waals surface area contributed by atoms with Gasteiger partial charge in [0.05, 0.1) is 16.3 Å². The molecule has 2 amide bonds. The summed E-state index contributed by atoms with van der Waals surface area (Å²) in [6, 6.07) is 5.15. The molecule has 0 radical (unpaired) electrons. The van der Waals surface area contributed by atoms with Gasteiger partial charge < -0.3 is 21.4 Å². The number of nitrogens with zero attached hydrogens (tertiary/aromatic N) is 4. The minimum Gasteiger partial charge on any atom is -0.398 e. The molecule has 1 aromatic heterocycles. The Hall–Kier alpha value is -3.72. The highest BCUT2D eigenvalue weighted by Crippen LogP contribution is 2.38. The summed E-state index contributed by atoms with van der Waals surface area (Å²) in [6.07, 6.45) is 6.58. The average molecular weight is 554 g/mol. The Labute approximate surface area is 236 Å². The van der Waals surface area contributed by atoms with E-state index >= 15 is 0 Å². The molecule has 0 aliphatic carbocycles. The number of halogens is 1. The summed E-state index contributed by atoms with van der Waals surface area (Å²) in [4.78, 5) is 36.9. The van der Waals surface area contributed by atoms with Crippen LogP contribution in [0.4, 0.5) is 11.5 Å². The van der Waals surface area contributed by atoms with Crippen LogP contribution in [0.5, 0.6) is 0 Å². The maximum atomic E-state index is 12.6. The van der Waals surface area contributed by atoms with E-state index in [0.29, 0.717) is 70.7 Å². The van der Waals surface area contributed by atoms with Gasteiger partial charge >= 0.3 is 0 Å². The van der Waals surface area contributed by atoms with Gasteiger partial charge in [0.1, 0.15) is 11.7 Å². The zero-order chi connectivity index (χ0) is 29.1. The SMILES string of the molecule is C=CCCN(/C(=N/C)c1cc(Cl)c(-c2c(C)ccc(N)c2C=N)nc1N(C=O)C(CC)CC)C(C)CNC=O. The summed E-state index contributed by atoms with van der Waals surface area (Å²) in [7, 11) is 1.68. The van der Waals surface area contributed by atoms with E-state index in [-0.39, 0.29) is 12.1 Å². The summed E-state index contributed by atoms with van der Waals surface area (Å²) in [5, 5.41) is 11.1. The zero-order valence-electron chi connectivity index (χ0n) is 23.5. The fourth-order valence-electron chi connectivity index (χ4n) is 4.72. The number of aromatic nitrogens is 1. The Morgan fingerprint density at radius 3 is 2.54 bits per heavy atom. The molecule has 1 unspecified atom stereocenters. The van der Waals surface area contributed by atoms with E-state index in [1.54, 1.807) is 24.1 Å². The number of hydrogen-bond donors (Lipinski definition) is 3. The van der Waals surface area contributed by atoms with Crippen molar-refractivity contribution in [3.8, 4) is 11.3 Å². The molecule has 39 heavy (non-hydrogen) atoms. The van der Waals surface area contributed by atoms with Gasteiger partial charge in [0.2, 0.25) is 12.8 Å². The van der Waals surface area contributed by atoms with Gasteiger partial charge in [0.25, 0.3) is 0 Å². The van der Waals surface area contributed by atoms with Gasteiger partial charge in [-0.25, -0.2) is 4.98 Å². The van der Waals surface area contributed by atoms with E-state index in [4.69, 9.17) is 27.7 Å². The molecule has 0 aliphatic heterocycles. The number of nitrogen functional groups attached to an aromatic ring is 1. The molecular formula is C29H40ClN7O2. The van der Waals surface area contributed by atoms with Gasteiger partial charge in [0.15, 0.2) is 0 Å². The summed E-state index contributed by atoms with van der Waals surface area (Å²) >= 11 is 6.92. The molecule has 0 aliphatic rings. The number of pyridine rings is 1. The number of benzene rings is 1. The van der Waals surface area contributed by atoms with Crippen LogP contribution >= 0.6 is 11.6 Å². The van der Waals surface area contributed by atoms with E-state index in [1.807, 2.05) is 39.8 Å². The van der Waals surface area contributed by atoms with Gasteiger partial charge in [-0.3, -0.25) is 19.5 Å². The fourth-order valence-corrected chi connectivity index (χ4v) is 4.97. The molecule has 0 bridgehead atoms. The number of amidine groups is 1. The summed E-state index contributed by atoms with van der Waals surface area (Å²) < 4.78 is 0. The van der Waals surface area contributed by atoms with Crippen LogP contribution in [0.3, 0.4) is 0 Å². The van der Waals surface area contributed by atoms with Crippen LogP contribution in [0.25, 0.3) is 11.3 Å². The highest BCUT2D eigenvalue weighted by Gasteiger charge is 2.29. The fraction of sp³-hybridized carbons (Fsp3) is 0.414. The standard InChI is InChI=1S/C29H40ClN7O2/c1-7-10-13-36(20(5)16-34-17-38)28(33-6)22-14-24(30)27(26-19(4)11-12-25(32)23(26)15-31)35-29(22)37(18-39)21(8-2)9-3/h7,11-12,14-15,17-18,20-21,31H,1,8-10,13,16,32H2,2-6H3,(H,34,38)/b31-15?,33-28+. The predicted molar refractivity (Wildman–Crippen MR) is 162 cm³/mol. The second-order valence-corrected chi connectivity index (χ2v) is 9.68. The first-order valence-electron chi connectivity index (χ1n) is 13.1. The molecule has 1 heterocycles. The number of aryl methyl sites for hydroxylation is 1. The molecular weight excluding hydrogens is 514 g/mol. The van der Waals surface area contributed by atoms with E-state index < -0.39 is 0 Å². The summed E-state index contributed by atoms with van der Waals surface area (Å²) in [6.45, 7) is 12.8. The molecule has 0 saturated heterocycles. The van der Waals surface area contributed by atoms with Crippen molar-refractivity contribution in [2.45, 2.75) is 59.0 Å². The molecule has 1 aromatic carbocycles. The number of hydrogen-bond acceptors (Lipinski definition) is 6. The molecule has 0 fully saturated rings. The maximum absolute atomic E-state index is 12.6. The number of nitrogens with two attached hydrogens (primary N) is 1. The normalized spacial score (nSPS) is 12.1. The Bertz CT molecular complexity index is 1210. The van der Waals surface area contributed by atoms with Gasteiger partial charge in [-0.1, -0.05) is 37.6 Å². The molecule has 0 saturated carbocycles. The Morgan fingerprint density at radius 1 is 1.31 bits per heavy atom. The topological polar surface area (TPSA) is 128 Å². The highest BCUT2D eigenvalue weighted by molar-refractivity contribution is 6.34. The second kappa shape index (κ2) is 15.0. The van der Waals surface area contributed by atoms with Crippen LogP contribution in [0.2, 0.25) is 5.02 Å². The molecule has 2 rings (SSSR count). The van der Waals surface area contributed by atoms with Crippen LogP contribution in [0, 0.1) is 12.3 Å². The second-order valence-electron chi connectivity index (χ2n) is 9.27. The molecule has 4 N–H and O–H groups in total. The van der Waals surface area contributed by atoms with Crippen LogP contribution in [0.1, 0.15) is 56.7 Å². The number of aliphatic imine (C=N–C) groups is 1. The van der Waals surface area contributed by atoms with Gasteiger partial charge in [-0.15, -0.1) is 6.58 Å². The van der Waals surface area contributed by atoms with Gasteiger partial charge in [-0.2, -0.15) is 0 Å². The lowest BCUT2D eigenvalue weighted by atomic mass is 9.96. The lowest BCUT2D eigenvalue weighted by Gasteiger charge is -2.35. The van der Waals surface area contributed by atoms with Gasteiger partial charge in [0, 0.05) is 55.2 Å². The van der Waals surface area contributed by atoms with Crippen LogP contribution < -0.4 is 16.0 Å². The third-order valence-electron chi connectivity index (χ3n) is 6.85. The monoisotopic (exact) mass is 553 g/mol. The van der Waals surface area contributed by atoms with Crippen molar-refractivity contribution in [3.63, 3.8) is 0 Å². The first kappa shape index (κ1) is 31.5. The average Bonchev–Trinajstić information content (AvgIpc) is 2.94. The molecule has 0 spiro atoms. The Morgan fingerprint density at radius 2 is 2.00 bits per heavy atom. The minimum absolute atomic E-state index is 0.110. The summed E-state index contributed by atoms with van der Waals surface area (Å²) in [5.74, 6) is 0.998. The van der Waals surface area contributed by atoms with Crippen molar-refractivity contribution in [2.24, 2.45) is 4.99 Å². The smallest absolute Gasteiger partial charge is 0.215 e. The number of rotatable bonds is 15. The quantitative estimate of drug-likeness (QED) is 0.0956. The first-order chi connectivity index (χ1) is 18.7. The largest absolute Gasteiger partial charge is 0.398 e. The maximum Gasteiger partial charge on any atom is 0.215 e. The van der Waals surface area contributed by atoms with Crippen molar-refractivity contribution < 1.29 is 9.59 Å². The molecule has 210 valence electrons. The van der Waals surface area contributed by atoms with Crippen LogP contribution in [0.15, 0.2) is 35.8 Å². The van der Waals surface area contributed by atoms with Crippen molar-refractivity contribution in [1.82, 2.24) is 15.2 Å². The Kier molecular flexibility index (Phi) is 12.1. The number of carbonyl (C=O) groups is 2. The lowest BCUT2D eigenvalue weighted by molar-refractivity contribution is -0.110. The van der Waals surface area contributed by atoms with E-state index in [0.717, 1.165) is 24.8 Å². The van der Waals surface area contributed by atoms with Crippen LogP contribution in [-0.2, 0) is 9.59 Å². The number of nitrogens with one attached hydrogen (secondary N) is 2. The van der Waals surface area contributed by atoms with Crippen molar-refractivity contribution in [3.05, 3.63) is 52.6 Å². The van der Waals surface area contributed by atoms with E-state index in [9.17, 15) is 9.59 Å². The highest BCUT2D eigenvalue weighted by atomic mass is 35.5. The number of anilines is 2. The third-order valence-corrected chi connectivity index (χ3v) is 7.13. The molecule has 2 aromatic rings. The summed E-state index contributed by atoms with van der Waals surface area (Å²) in [5.41, 5.74) is 9.66. The third kappa shape index (κ3) is 7.03. The predicted octanol–water partition coefficient (Wildman–Crippen LogP) is 4.83. The molecule has 1 atom stereocenters. The van der Waals surface area contributed by atoms with Gasteiger partial charge in [-0.05, 0) is 50.8 Å². The zero-order valence-corrected chi connectivity index (χ0v) is 24.3. The Balaban J connectivity index is 2.94. The number of amides is 2. The minimum atomic E-state index is -0.126. The van der Waals surface area contributed by atoms with Crippen LogP contribution in [-0.4, -0.2) is 67.0 Å². The molecule has 9 nitrogen and oxygen atoms in total.